The van der Waals surface area contributed by atoms with Crippen LogP contribution in [-0.4, -0.2) is 28.8 Å². The Morgan fingerprint density at radius 1 is 1.04 bits per heavy atom. The molecule has 0 spiro atoms. The monoisotopic (exact) mass is 380 g/mol. The molecule has 0 radical (unpaired) electrons. The maximum atomic E-state index is 12.8. The number of hydrogen-bond acceptors (Lipinski definition) is 3. The Morgan fingerprint density at radius 3 is 2.67 bits per heavy atom. The molecule has 2 aromatic carbocycles. The zero-order valence-corrected chi connectivity index (χ0v) is 15.7. The van der Waals surface area contributed by atoms with Gasteiger partial charge >= 0.3 is 0 Å². The number of nitrogens with one attached hydrogen (secondary N) is 1. The summed E-state index contributed by atoms with van der Waals surface area (Å²) in [5, 5.41) is 7.96. The van der Waals surface area contributed by atoms with E-state index in [1.54, 1.807) is 23.1 Å². The molecule has 0 aliphatic carbocycles. The number of carbonyl (C=O) groups excluding carboxylic acids is 1. The molecule has 0 atom stereocenters. The third-order valence-corrected chi connectivity index (χ3v) is 5.00. The standard InChI is InChI=1S/C21H21ClN4O/c22-17-7-6-8-18(13-17)26-15-16(14-23-26)21(27)24-19-9-2-3-10-20(19)25-11-4-1-5-12-25/h2-3,6-10,13-15H,1,4-5,11-12H2,(H,24,27). The smallest absolute Gasteiger partial charge is 0.258 e. The molecular formula is C21H21ClN4O. The number of nitrogens with zero attached hydrogens (tertiary/aromatic N) is 3. The van der Waals surface area contributed by atoms with Gasteiger partial charge in [-0.1, -0.05) is 29.8 Å². The van der Waals surface area contributed by atoms with Crippen molar-refractivity contribution in [1.29, 1.82) is 0 Å². The normalized spacial score (nSPS) is 14.2. The number of hydrogen-bond donors (Lipinski definition) is 1. The maximum Gasteiger partial charge on any atom is 0.258 e. The van der Waals surface area contributed by atoms with Crippen molar-refractivity contribution in [2.24, 2.45) is 0 Å². The number of anilines is 2. The highest BCUT2D eigenvalue weighted by Gasteiger charge is 2.17. The molecule has 0 unspecified atom stereocenters. The van der Waals surface area contributed by atoms with E-state index in [2.05, 4.69) is 21.4 Å². The first-order chi connectivity index (χ1) is 13.2. The van der Waals surface area contributed by atoms with Gasteiger partial charge in [0.2, 0.25) is 0 Å². The van der Waals surface area contributed by atoms with E-state index >= 15 is 0 Å². The van der Waals surface area contributed by atoms with Gasteiger partial charge in [0.25, 0.3) is 5.91 Å². The minimum atomic E-state index is -0.173. The van der Waals surface area contributed by atoms with E-state index in [0.717, 1.165) is 30.2 Å². The van der Waals surface area contributed by atoms with Crippen LogP contribution < -0.4 is 10.2 Å². The van der Waals surface area contributed by atoms with Gasteiger partial charge in [0, 0.05) is 24.3 Å². The van der Waals surface area contributed by atoms with E-state index in [1.807, 2.05) is 36.4 Å². The van der Waals surface area contributed by atoms with Crippen LogP contribution in [0.25, 0.3) is 5.69 Å². The van der Waals surface area contributed by atoms with Crippen LogP contribution in [0.15, 0.2) is 60.9 Å². The molecule has 2 heterocycles. The second-order valence-electron chi connectivity index (χ2n) is 6.67. The average molecular weight is 381 g/mol. The van der Waals surface area contributed by atoms with E-state index in [9.17, 15) is 4.79 Å². The number of para-hydroxylation sites is 2. The molecule has 0 bridgehead atoms. The van der Waals surface area contributed by atoms with Crippen LogP contribution in [0.1, 0.15) is 29.6 Å². The first-order valence-corrected chi connectivity index (χ1v) is 9.54. The Balaban J connectivity index is 1.53. The van der Waals surface area contributed by atoms with Crippen molar-refractivity contribution < 1.29 is 4.79 Å². The van der Waals surface area contributed by atoms with Gasteiger partial charge in [-0.3, -0.25) is 4.79 Å². The van der Waals surface area contributed by atoms with Crippen molar-refractivity contribution in [3.63, 3.8) is 0 Å². The molecule has 3 aromatic rings. The van der Waals surface area contributed by atoms with E-state index in [0.29, 0.717) is 10.6 Å². The highest BCUT2D eigenvalue weighted by molar-refractivity contribution is 6.30. The molecular weight excluding hydrogens is 360 g/mol. The van der Waals surface area contributed by atoms with Crippen LogP contribution in [0.5, 0.6) is 0 Å². The van der Waals surface area contributed by atoms with Crippen molar-refractivity contribution in [3.05, 3.63) is 71.5 Å². The minimum Gasteiger partial charge on any atom is -0.370 e. The van der Waals surface area contributed by atoms with E-state index < -0.39 is 0 Å². The molecule has 1 amide bonds. The highest BCUT2D eigenvalue weighted by atomic mass is 35.5. The molecule has 0 saturated carbocycles. The summed E-state index contributed by atoms with van der Waals surface area (Å²) in [6.45, 7) is 2.05. The summed E-state index contributed by atoms with van der Waals surface area (Å²) in [6.07, 6.45) is 6.93. The van der Waals surface area contributed by atoms with Crippen LogP contribution in [-0.2, 0) is 0 Å². The van der Waals surface area contributed by atoms with Crippen LogP contribution in [0.3, 0.4) is 0 Å². The summed E-state index contributed by atoms with van der Waals surface area (Å²) in [6, 6.07) is 15.3. The summed E-state index contributed by atoms with van der Waals surface area (Å²) in [7, 11) is 0. The van der Waals surface area contributed by atoms with E-state index in [-0.39, 0.29) is 5.91 Å². The van der Waals surface area contributed by atoms with Gasteiger partial charge in [-0.25, -0.2) is 4.68 Å². The van der Waals surface area contributed by atoms with Crippen LogP contribution in [0.2, 0.25) is 5.02 Å². The fourth-order valence-electron chi connectivity index (χ4n) is 3.38. The van der Waals surface area contributed by atoms with Crippen molar-refractivity contribution in [2.45, 2.75) is 19.3 Å². The van der Waals surface area contributed by atoms with Crippen LogP contribution >= 0.6 is 11.6 Å². The topological polar surface area (TPSA) is 50.2 Å². The average Bonchev–Trinajstić information content (AvgIpc) is 3.20. The molecule has 1 fully saturated rings. The number of amides is 1. The zero-order valence-electron chi connectivity index (χ0n) is 14.9. The number of piperidine rings is 1. The first-order valence-electron chi connectivity index (χ1n) is 9.17. The van der Waals surface area contributed by atoms with Crippen LogP contribution in [0, 0.1) is 0 Å². The van der Waals surface area contributed by atoms with Crippen molar-refractivity contribution in [1.82, 2.24) is 9.78 Å². The van der Waals surface area contributed by atoms with Gasteiger partial charge in [0.05, 0.1) is 28.8 Å². The number of rotatable bonds is 4. The van der Waals surface area contributed by atoms with E-state index in [4.69, 9.17) is 11.6 Å². The van der Waals surface area contributed by atoms with Crippen molar-refractivity contribution >= 4 is 28.9 Å². The van der Waals surface area contributed by atoms with Gasteiger partial charge in [-0.15, -0.1) is 0 Å². The summed E-state index contributed by atoms with van der Waals surface area (Å²) in [5.41, 5.74) is 3.23. The molecule has 5 nitrogen and oxygen atoms in total. The summed E-state index contributed by atoms with van der Waals surface area (Å²) >= 11 is 6.04. The largest absolute Gasteiger partial charge is 0.370 e. The number of carbonyl (C=O) groups is 1. The molecule has 6 heteroatoms. The molecule has 138 valence electrons. The number of benzene rings is 2. The summed E-state index contributed by atoms with van der Waals surface area (Å²) < 4.78 is 1.65. The molecule has 1 aromatic heterocycles. The van der Waals surface area contributed by atoms with Gasteiger partial charge in [0.15, 0.2) is 0 Å². The Morgan fingerprint density at radius 2 is 1.85 bits per heavy atom. The molecule has 4 rings (SSSR count). The molecule has 27 heavy (non-hydrogen) atoms. The fourth-order valence-corrected chi connectivity index (χ4v) is 3.57. The Kier molecular flexibility index (Phi) is 5.12. The molecule has 1 saturated heterocycles. The minimum absolute atomic E-state index is 0.173. The molecule has 1 N–H and O–H groups in total. The van der Waals surface area contributed by atoms with Crippen LogP contribution in [0.4, 0.5) is 11.4 Å². The second kappa shape index (κ2) is 7.84. The lowest BCUT2D eigenvalue weighted by atomic mass is 10.1. The Bertz CT molecular complexity index is 947. The third kappa shape index (κ3) is 3.98. The molecule has 1 aliphatic rings. The summed E-state index contributed by atoms with van der Waals surface area (Å²) in [5.74, 6) is -0.173. The summed E-state index contributed by atoms with van der Waals surface area (Å²) in [4.78, 5) is 15.1. The van der Waals surface area contributed by atoms with Gasteiger partial charge < -0.3 is 10.2 Å². The number of halogens is 1. The SMILES string of the molecule is O=C(Nc1ccccc1N1CCCCC1)c1cnn(-c2cccc(Cl)c2)c1. The quantitative estimate of drug-likeness (QED) is 0.709. The Labute approximate surface area is 163 Å². The van der Waals surface area contributed by atoms with Crippen molar-refractivity contribution in [3.8, 4) is 5.69 Å². The third-order valence-electron chi connectivity index (χ3n) is 4.77. The van der Waals surface area contributed by atoms with Crippen molar-refractivity contribution in [2.75, 3.05) is 23.3 Å². The fraction of sp³-hybridized carbons (Fsp3) is 0.238. The second-order valence-corrected chi connectivity index (χ2v) is 7.11. The van der Waals surface area contributed by atoms with Gasteiger partial charge in [0.1, 0.15) is 0 Å². The van der Waals surface area contributed by atoms with Gasteiger partial charge in [-0.05, 0) is 49.6 Å². The number of aromatic nitrogens is 2. The highest BCUT2D eigenvalue weighted by Crippen LogP contribution is 2.28. The predicted octanol–water partition coefficient (Wildman–Crippen LogP) is 4.77. The zero-order chi connectivity index (χ0) is 18.6. The van der Waals surface area contributed by atoms with Gasteiger partial charge in [-0.2, -0.15) is 5.10 Å². The predicted molar refractivity (Wildman–Crippen MR) is 109 cm³/mol. The lowest BCUT2D eigenvalue weighted by molar-refractivity contribution is 0.102. The van der Waals surface area contributed by atoms with E-state index in [1.165, 1.54) is 19.3 Å². The lowest BCUT2D eigenvalue weighted by Gasteiger charge is -2.30. The first kappa shape index (κ1) is 17.6. The lowest BCUT2D eigenvalue weighted by Crippen LogP contribution is -2.30. The Hall–Kier alpha value is -2.79. The molecule has 1 aliphatic heterocycles. The maximum absolute atomic E-state index is 12.8.